The van der Waals surface area contributed by atoms with Crippen molar-refractivity contribution in [1.29, 1.82) is 0 Å². The molecule has 0 bridgehead atoms. The average molecular weight is 938 g/mol. The topological polar surface area (TPSA) is 228 Å². The zero-order valence-electron chi connectivity index (χ0n) is 40.4. The number of hydrogen-bond acceptors (Lipinski definition) is 13. The van der Waals surface area contributed by atoms with Crippen LogP contribution in [0.5, 0.6) is 0 Å². The summed E-state index contributed by atoms with van der Waals surface area (Å²) in [4.78, 5) is 13.1. The number of ether oxygens (including phenoxy) is 4. The Morgan fingerprint density at radius 1 is 0.561 bits per heavy atom. The molecule has 9 N–H and O–H groups in total. The fourth-order valence-electron chi connectivity index (χ4n) is 8.04. The van der Waals surface area contributed by atoms with Gasteiger partial charge in [0, 0.05) is 6.42 Å². The molecule has 2 rings (SSSR count). The zero-order valence-corrected chi connectivity index (χ0v) is 40.4. The molecule has 14 nitrogen and oxygen atoms in total. The van der Waals surface area contributed by atoms with E-state index < -0.39 is 86.8 Å². The molecule has 1 amide bonds. The lowest BCUT2D eigenvalue weighted by atomic mass is 9.97. The molecule has 0 spiro atoms. The zero-order chi connectivity index (χ0) is 48.2. The van der Waals surface area contributed by atoms with E-state index in [1.807, 2.05) is 6.08 Å². The summed E-state index contributed by atoms with van der Waals surface area (Å²) < 4.78 is 22.6. The van der Waals surface area contributed by atoms with Gasteiger partial charge in [-0.1, -0.05) is 164 Å². The molecule has 0 radical (unpaired) electrons. The number of hydrogen-bond donors (Lipinski definition) is 9. The van der Waals surface area contributed by atoms with Crippen molar-refractivity contribution in [3.05, 3.63) is 60.8 Å². The van der Waals surface area contributed by atoms with Crippen LogP contribution in [-0.2, 0) is 23.7 Å². The standard InChI is InChI=1S/C52H91NO13/c1-3-5-7-9-11-12-13-14-15-16-17-18-19-20-21-22-23-24-25-26-27-28-30-32-34-36-44(57)53-40(41(56)35-33-31-29-10-8-6-4-2)39-63-51-49(62)47(60)50(43(38-55)65-51)66-52-48(61)46(59)45(58)42(37-54)64-52/h5,7,11-12,14-15,17-18,33,35,40-43,45-52,54-56,58-62H,3-4,6,8-10,13,16,19-32,34,36-39H2,1-2H3,(H,53,57)/b7-5-,12-11-,15-14-,18-17-,35-33+. The Labute approximate surface area is 396 Å². The van der Waals surface area contributed by atoms with E-state index in [0.29, 0.717) is 6.42 Å². The molecule has 2 heterocycles. The van der Waals surface area contributed by atoms with Gasteiger partial charge in [-0.05, 0) is 57.8 Å². The quantitative estimate of drug-likeness (QED) is 0.0234. The van der Waals surface area contributed by atoms with Crippen molar-refractivity contribution in [2.75, 3.05) is 19.8 Å². The first-order valence-corrected chi connectivity index (χ1v) is 25.5. The SMILES string of the molecule is CC/C=C\C/C=C\C/C=C\C/C=C\CCCCCCCCCCCCCCC(=O)NC(COC1OC(CO)C(OC2OC(CO)C(O)C(O)C2O)C(O)C1O)C(O)/C=C/CCCCCCC. The third kappa shape index (κ3) is 25.3. The summed E-state index contributed by atoms with van der Waals surface area (Å²) in [5, 5.41) is 86.4. The minimum atomic E-state index is -1.79. The van der Waals surface area contributed by atoms with Crippen molar-refractivity contribution < 1.29 is 64.6 Å². The van der Waals surface area contributed by atoms with Gasteiger partial charge in [0.15, 0.2) is 12.6 Å². The van der Waals surface area contributed by atoms with Crippen LogP contribution >= 0.6 is 0 Å². The van der Waals surface area contributed by atoms with E-state index in [0.717, 1.165) is 83.5 Å². The van der Waals surface area contributed by atoms with Crippen molar-refractivity contribution in [3.63, 3.8) is 0 Å². The van der Waals surface area contributed by atoms with Crippen LogP contribution in [0.15, 0.2) is 60.8 Å². The summed E-state index contributed by atoms with van der Waals surface area (Å²) >= 11 is 0. The maximum atomic E-state index is 13.1. The fraction of sp³-hybridized carbons (Fsp3) is 0.788. The van der Waals surface area contributed by atoms with Crippen LogP contribution in [0.25, 0.3) is 0 Å². The van der Waals surface area contributed by atoms with Crippen LogP contribution in [-0.4, -0.2) is 140 Å². The molecular weight excluding hydrogens is 847 g/mol. The fourth-order valence-corrected chi connectivity index (χ4v) is 8.04. The van der Waals surface area contributed by atoms with Gasteiger partial charge in [0.05, 0.1) is 32.0 Å². The Balaban J connectivity index is 1.70. The lowest BCUT2D eigenvalue weighted by molar-refractivity contribution is -0.359. The van der Waals surface area contributed by atoms with Gasteiger partial charge in [0.1, 0.15) is 48.8 Å². The number of nitrogens with one attached hydrogen (secondary N) is 1. The molecule has 12 atom stereocenters. The minimum absolute atomic E-state index is 0.250. The summed E-state index contributed by atoms with van der Waals surface area (Å²) in [6.45, 7) is 2.59. The molecular formula is C52H91NO13. The summed E-state index contributed by atoms with van der Waals surface area (Å²) in [5.41, 5.74) is 0. The highest BCUT2D eigenvalue weighted by Crippen LogP contribution is 2.30. The third-order valence-electron chi connectivity index (χ3n) is 12.2. The molecule has 66 heavy (non-hydrogen) atoms. The van der Waals surface area contributed by atoms with Gasteiger partial charge in [-0.2, -0.15) is 0 Å². The molecule has 0 aromatic carbocycles. The molecule has 382 valence electrons. The normalized spacial score (nSPS) is 27.3. The van der Waals surface area contributed by atoms with Gasteiger partial charge >= 0.3 is 0 Å². The monoisotopic (exact) mass is 938 g/mol. The van der Waals surface area contributed by atoms with Gasteiger partial charge < -0.3 is 65.1 Å². The van der Waals surface area contributed by atoms with E-state index in [9.17, 15) is 45.6 Å². The van der Waals surface area contributed by atoms with Gasteiger partial charge in [0.25, 0.3) is 0 Å². The van der Waals surface area contributed by atoms with Gasteiger partial charge in [-0.25, -0.2) is 0 Å². The Morgan fingerprint density at radius 3 is 1.61 bits per heavy atom. The van der Waals surface area contributed by atoms with Crippen LogP contribution in [0, 0.1) is 0 Å². The highest BCUT2D eigenvalue weighted by Gasteiger charge is 2.51. The molecule has 14 heteroatoms. The van der Waals surface area contributed by atoms with Crippen molar-refractivity contribution >= 4 is 5.91 Å². The Bertz CT molecular complexity index is 1340. The van der Waals surface area contributed by atoms with Crippen molar-refractivity contribution in [2.24, 2.45) is 0 Å². The maximum Gasteiger partial charge on any atom is 0.220 e. The molecule has 2 aliphatic heterocycles. The first-order valence-electron chi connectivity index (χ1n) is 25.5. The number of unbranched alkanes of at least 4 members (excludes halogenated alkanes) is 17. The van der Waals surface area contributed by atoms with Crippen LogP contribution in [0.2, 0.25) is 0 Å². The number of allylic oxidation sites excluding steroid dienone is 9. The lowest BCUT2D eigenvalue weighted by Gasteiger charge is -2.46. The number of aliphatic hydroxyl groups is 8. The molecule has 2 fully saturated rings. The smallest absolute Gasteiger partial charge is 0.220 e. The van der Waals surface area contributed by atoms with Gasteiger partial charge in [0.2, 0.25) is 5.91 Å². The largest absolute Gasteiger partial charge is 0.394 e. The summed E-state index contributed by atoms with van der Waals surface area (Å²) in [6, 6.07) is -0.914. The Morgan fingerprint density at radius 2 is 1.05 bits per heavy atom. The molecule has 2 aliphatic rings. The van der Waals surface area contributed by atoms with Crippen LogP contribution in [0.4, 0.5) is 0 Å². The summed E-state index contributed by atoms with van der Waals surface area (Å²) in [5.74, 6) is -0.250. The second-order valence-corrected chi connectivity index (χ2v) is 17.9. The van der Waals surface area contributed by atoms with Gasteiger partial charge in [-0.15, -0.1) is 0 Å². The molecule has 0 aromatic rings. The van der Waals surface area contributed by atoms with Crippen LogP contribution in [0.1, 0.15) is 168 Å². The first-order chi connectivity index (χ1) is 32.1. The number of carbonyl (C=O) groups is 1. The van der Waals surface area contributed by atoms with Crippen molar-refractivity contribution in [1.82, 2.24) is 5.32 Å². The summed E-state index contributed by atoms with van der Waals surface area (Å²) in [6.07, 6.45) is 30.1. The van der Waals surface area contributed by atoms with E-state index >= 15 is 0 Å². The van der Waals surface area contributed by atoms with Crippen molar-refractivity contribution in [3.8, 4) is 0 Å². The Kier molecular flexibility index (Phi) is 34.9. The van der Waals surface area contributed by atoms with E-state index in [2.05, 4.69) is 67.8 Å². The second-order valence-electron chi connectivity index (χ2n) is 17.9. The van der Waals surface area contributed by atoms with Gasteiger partial charge in [-0.3, -0.25) is 4.79 Å². The highest BCUT2D eigenvalue weighted by atomic mass is 16.7. The third-order valence-corrected chi connectivity index (χ3v) is 12.2. The number of rotatable bonds is 38. The van der Waals surface area contributed by atoms with E-state index in [1.54, 1.807) is 6.08 Å². The highest BCUT2D eigenvalue weighted by molar-refractivity contribution is 5.76. The number of amides is 1. The minimum Gasteiger partial charge on any atom is -0.394 e. The molecule has 2 saturated heterocycles. The maximum absolute atomic E-state index is 13.1. The number of aliphatic hydroxyl groups excluding tert-OH is 8. The predicted molar refractivity (Wildman–Crippen MR) is 258 cm³/mol. The number of carbonyl (C=O) groups excluding carboxylic acids is 1. The summed E-state index contributed by atoms with van der Waals surface area (Å²) in [7, 11) is 0. The Hall–Kier alpha value is -2.31. The molecule has 0 aromatic heterocycles. The first kappa shape index (κ1) is 59.8. The molecule has 0 aliphatic carbocycles. The second kappa shape index (κ2) is 38.5. The average Bonchev–Trinajstić information content (AvgIpc) is 3.31. The molecule has 0 saturated carbocycles. The van der Waals surface area contributed by atoms with E-state index in [4.69, 9.17) is 18.9 Å². The van der Waals surface area contributed by atoms with E-state index in [1.165, 1.54) is 57.8 Å². The van der Waals surface area contributed by atoms with E-state index in [-0.39, 0.29) is 18.9 Å². The van der Waals surface area contributed by atoms with Crippen molar-refractivity contribution in [2.45, 2.75) is 242 Å². The predicted octanol–water partition coefficient (Wildman–Crippen LogP) is 6.66. The van der Waals surface area contributed by atoms with Crippen LogP contribution in [0.3, 0.4) is 0 Å². The molecule has 12 unspecified atom stereocenters. The van der Waals surface area contributed by atoms with Crippen LogP contribution < -0.4 is 5.32 Å². The lowest BCUT2D eigenvalue weighted by Crippen LogP contribution is -2.65.